The number of nitrogens with zero attached hydrogens (tertiary/aromatic N) is 4. The van der Waals surface area contributed by atoms with Crippen LogP contribution in [0.1, 0.15) is 22.3 Å². The molecule has 262 valence electrons. The zero-order valence-electron chi connectivity index (χ0n) is 29.9. The van der Waals surface area contributed by atoms with E-state index in [9.17, 15) is 0 Å². The SMILES string of the molecule is c1ccc(-c2ccc(N3c4ccccc4Sc4c3ccc3c4Sc4ccccc4C34c3cccnc3-c3nc(-c5cccc6ncccc56)ccc34)cc2)cc1. The van der Waals surface area contributed by atoms with Gasteiger partial charge in [0.2, 0.25) is 0 Å². The van der Waals surface area contributed by atoms with Crippen LogP contribution >= 0.6 is 23.5 Å². The van der Waals surface area contributed by atoms with Crippen LogP contribution in [0.4, 0.5) is 17.1 Å². The third-order valence-corrected chi connectivity index (χ3v) is 14.0. The molecule has 1 spiro atoms. The molecule has 4 nitrogen and oxygen atoms in total. The maximum Gasteiger partial charge on any atom is 0.0945 e. The number of pyridine rings is 3. The smallest absolute Gasteiger partial charge is 0.0945 e. The number of aromatic nitrogens is 3. The number of hydrogen-bond acceptors (Lipinski definition) is 6. The quantitative estimate of drug-likeness (QED) is 0.179. The lowest BCUT2D eigenvalue weighted by Crippen LogP contribution is -2.32. The lowest BCUT2D eigenvalue weighted by atomic mass is 9.67. The highest BCUT2D eigenvalue weighted by atomic mass is 32.2. The van der Waals surface area contributed by atoms with Gasteiger partial charge in [0.1, 0.15) is 0 Å². The van der Waals surface area contributed by atoms with Crippen molar-refractivity contribution in [1.82, 2.24) is 15.0 Å². The number of para-hydroxylation sites is 1. The predicted molar refractivity (Wildman–Crippen MR) is 228 cm³/mol. The highest BCUT2D eigenvalue weighted by Crippen LogP contribution is 2.65. The van der Waals surface area contributed by atoms with Crippen LogP contribution in [0.2, 0.25) is 0 Å². The first-order chi connectivity index (χ1) is 27.8. The van der Waals surface area contributed by atoms with E-state index in [-0.39, 0.29) is 0 Å². The van der Waals surface area contributed by atoms with E-state index in [0.29, 0.717) is 0 Å². The summed E-state index contributed by atoms with van der Waals surface area (Å²) in [4.78, 5) is 22.7. The molecule has 0 bridgehead atoms. The molecule has 5 heterocycles. The van der Waals surface area contributed by atoms with E-state index in [4.69, 9.17) is 9.97 Å². The molecule has 3 aromatic heterocycles. The molecule has 0 amide bonds. The molecule has 0 saturated carbocycles. The Balaban J connectivity index is 1.09. The van der Waals surface area contributed by atoms with Crippen molar-refractivity contribution in [2.24, 2.45) is 0 Å². The molecule has 0 saturated heterocycles. The summed E-state index contributed by atoms with van der Waals surface area (Å²) in [6.07, 6.45) is 3.75. The number of hydrogen-bond donors (Lipinski definition) is 0. The van der Waals surface area contributed by atoms with Gasteiger partial charge in [-0.3, -0.25) is 9.97 Å². The van der Waals surface area contributed by atoms with Crippen LogP contribution in [-0.4, -0.2) is 15.0 Å². The molecule has 2 aliphatic heterocycles. The Morgan fingerprint density at radius 1 is 0.446 bits per heavy atom. The number of fused-ring (bicyclic) bond motifs is 13. The molecule has 0 N–H and O–H groups in total. The first-order valence-corrected chi connectivity index (χ1v) is 20.4. The van der Waals surface area contributed by atoms with Gasteiger partial charge in [-0.15, -0.1) is 0 Å². The minimum Gasteiger partial charge on any atom is -0.308 e. The van der Waals surface area contributed by atoms with E-state index >= 15 is 0 Å². The number of anilines is 3. The molecule has 1 atom stereocenters. The highest BCUT2D eigenvalue weighted by Gasteiger charge is 2.52. The third-order valence-electron chi connectivity index (χ3n) is 11.4. The highest BCUT2D eigenvalue weighted by molar-refractivity contribution is 8.02. The molecule has 6 aromatic carbocycles. The molecular formula is C50H30N4S2. The van der Waals surface area contributed by atoms with Crippen LogP contribution in [-0.2, 0) is 5.41 Å². The fourth-order valence-corrected chi connectivity index (χ4v) is 11.6. The molecule has 0 fully saturated rings. The van der Waals surface area contributed by atoms with Crippen molar-refractivity contribution in [1.29, 1.82) is 0 Å². The summed E-state index contributed by atoms with van der Waals surface area (Å²) in [6.45, 7) is 0. The van der Waals surface area contributed by atoms with Crippen LogP contribution < -0.4 is 4.90 Å². The molecule has 12 rings (SSSR count). The Hall–Kier alpha value is -6.47. The van der Waals surface area contributed by atoms with Gasteiger partial charge in [-0.25, -0.2) is 4.98 Å². The fourth-order valence-electron chi connectivity index (χ4n) is 9.06. The molecule has 9 aromatic rings. The summed E-state index contributed by atoms with van der Waals surface area (Å²) in [6, 6.07) is 61.3. The van der Waals surface area contributed by atoms with E-state index in [0.717, 1.165) is 44.8 Å². The van der Waals surface area contributed by atoms with Gasteiger partial charge in [0, 0.05) is 43.7 Å². The second-order valence-electron chi connectivity index (χ2n) is 14.3. The van der Waals surface area contributed by atoms with Gasteiger partial charge in [0.25, 0.3) is 0 Å². The van der Waals surface area contributed by atoms with Crippen molar-refractivity contribution in [2.45, 2.75) is 25.0 Å². The van der Waals surface area contributed by atoms with Crippen molar-refractivity contribution in [3.63, 3.8) is 0 Å². The summed E-state index contributed by atoms with van der Waals surface area (Å²) in [7, 11) is 0. The van der Waals surface area contributed by atoms with E-state index in [1.54, 1.807) is 0 Å². The Bertz CT molecular complexity index is 3050. The number of benzene rings is 6. The average molecular weight is 751 g/mol. The zero-order chi connectivity index (χ0) is 36.8. The summed E-state index contributed by atoms with van der Waals surface area (Å²) in [5.74, 6) is 0. The monoisotopic (exact) mass is 750 g/mol. The molecule has 3 aliphatic rings. The van der Waals surface area contributed by atoms with Crippen LogP contribution in [0, 0.1) is 0 Å². The van der Waals surface area contributed by atoms with Crippen LogP contribution in [0.3, 0.4) is 0 Å². The summed E-state index contributed by atoms with van der Waals surface area (Å²) < 4.78 is 0. The molecule has 1 aliphatic carbocycles. The molecule has 0 radical (unpaired) electrons. The molecule has 56 heavy (non-hydrogen) atoms. The van der Waals surface area contributed by atoms with E-state index in [1.807, 2.05) is 42.0 Å². The Labute approximate surface area is 333 Å². The lowest BCUT2D eigenvalue weighted by molar-refractivity contribution is 0.711. The van der Waals surface area contributed by atoms with Gasteiger partial charge in [-0.1, -0.05) is 133 Å². The standard InChI is InChI=1S/C50H30N4S2/c1-2-11-31(12-3-1)32-21-23-33(24-22-32)54-42-18-5-7-20-45(42)56-49-43(54)28-26-39-48(49)55-44-19-6-4-15-36(44)50(39)37-16-10-30-52-46(37)47-38(50)25-27-41(53-47)35-13-8-17-40-34(35)14-9-29-51-40/h1-30H. The maximum absolute atomic E-state index is 5.50. The minimum absolute atomic E-state index is 0.601. The average Bonchev–Trinajstić information content (AvgIpc) is 3.55. The maximum atomic E-state index is 5.50. The van der Waals surface area contributed by atoms with Gasteiger partial charge >= 0.3 is 0 Å². The lowest BCUT2D eigenvalue weighted by Gasteiger charge is -2.42. The summed E-state index contributed by atoms with van der Waals surface area (Å²) >= 11 is 3.76. The first-order valence-electron chi connectivity index (χ1n) is 18.8. The summed E-state index contributed by atoms with van der Waals surface area (Å²) in [5, 5.41) is 1.09. The van der Waals surface area contributed by atoms with Crippen LogP contribution in [0.5, 0.6) is 0 Å². The van der Waals surface area contributed by atoms with Gasteiger partial charge in [-0.2, -0.15) is 0 Å². The molecular weight excluding hydrogens is 721 g/mol. The fraction of sp³-hybridized carbons (Fsp3) is 0.0200. The van der Waals surface area contributed by atoms with Crippen LogP contribution in [0.25, 0.3) is 44.7 Å². The van der Waals surface area contributed by atoms with E-state index in [2.05, 4.69) is 174 Å². The second kappa shape index (κ2) is 12.3. The largest absolute Gasteiger partial charge is 0.308 e. The Morgan fingerprint density at radius 2 is 1.16 bits per heavy atom. The molecule has 1 unspecified atom stereocenters. The van der Waals surface area contributed by atoms with Gasteiger partial charge in [0.05, 0.1) is 44.3 Å². The van der Waals surface area contributed by atoms with Gasteiger partial charge in [-0.05, 0) is 94.0 Å². The third kappa shape index (κ3) is 4.48. The second-order valence-corrected chi connectivity index (χ2v) is 16.4. The van der Waals surface area contributed by atoms with Crippen molar-refractivity contribution in [2.75, 3.05) is 4.90 Å². The minimum atomic E-state index is -0.601. The Morgan fingerprint density at radius 3 is 2.07 bits per heavy atom. The number of rotatable bonds is 3. The van der Waals surface area contributed by atoms with Gasteiger partial charge < -0.3 is 4.90 Å². The van der Waals surface area contributed by atoms with E-state index < -0.39 is 5.41 Å². The van der Waals surface area contributed by atoms with Crippen molar-refractivity contribution >= 4 is 51.5 Å². The van der Waals surface area contributed by atoms with E-state index in [1.165, 1.54) is 58.8 Å². The topological polar surface area (TPSA) is 41.9 Å². The zero-order valence-corrected chi connectivity index (χ0v) is 31.6. The normalized spacial score (nSPS) is 15.8. The van der Waals surface area contributed by atoms with Crippen molar-refractivity contribution < 1.29 is 0 Å². The summed E-state index contributed by atoms with van der Waals surface area (Å²) in [5.41, 5.74) is 15.0. The van der Waals surface area contributed by atoms with Gasteiger partial charge in [0.15, 0.2) is 0 Å². The van der Waals surface area contributed by atoms with Crippen molar-refractivity contribution in [3.8, 4) is 33.8 Å². The first kappa shape index (κ1) is 31.8. The van der Waals surface area contributed by atoms with Crippen molar-refractivity contribution in [3.05, 3.63) is 205 Å². The Kier molecular flexibility index (Phi) is 6.98. The predicted octanol–water partition coefficient (Wildman–Crippen LogP) is 13.1. The van der Waals surface area contributed by atoms with Crippen LogP contribution in [0.15, 0.2) is 202 Å². The molecule has 6 heteroatoms.